The van der Waals surface area contributed by atoms with Crippen molar-refractivity contribution in [1.82, 2.24) is 5.32 Å². The van der Waals surface area contributed by atoms with E-state index in [1.54, 1.807) is 0 Å². The van der Waals surface area contributed by atoms with E-state index >= 15 is 0 Å². The molecule has 1 heteroatoms. The Morgan fingerprint density at radius 2 is 1.65 bits per heavy atom. The molecule has 96 valence electrons. The van der Waals surface area contributed by atoms with Crippen LogP contribution in [0.15, 0.2) is 34.9 Å². The summed E-state index contributed by atoms with van der Waals surface area (Å²) in [6.07, 6.45) is 6.80. The minimum atomic E-state index is 0.181. The summed E-state index contributed by atoms with van der Waals surface area (Å²) in [6, 6.07) is 0. The Kier molecular flexibility index (Phi) is 4.03. The van der Waals surface area contributed by atoms with Crippen LogP contribution in [0.5, 0.6) is 0 Å². The molecule has 0 atom stereocenters. The number of rotatable bonds is 2. The second-order valence-corrected chi connectivity index (χ2v) is 7.02. The van der Waals surface area contributed by atoms with Gasteiger partial charge in [0.25, 0.3) is 0 Å². The molecule has 0 unspecified atom stereocenters. The van der Waals surface area contributed by atoms with Gasteiger partial charge in [-0.1, -0.05) is 44.6 Å². The van der Waals surface area contributed by atoms with Crippen LogP contribution in [0.2, 0.25) is 0 Å². The fourth-order valence-corrected chi connectivity index (χ4v) is 1.68. The Morgan fingerprint density at radius 1 is 1.06 bits per heavy atom. The van der Waals surface area contributed by atoms with E-state index in [0.717, 1.165) is 6.54 Å². The molecule has 0 fully saturated rings. The fraction of sp³-hybridized carbons (Fsp3) is 0.625. The molecule has 0 saturated carbocycles. The largest absolute Gasteiger partial charge is 0.308 e. The van der Waals surface area contributed by atoms with E-state index in [0.29, 0.717) is 0 Å². The van der Waals surface area contributed by atoms with E-state index in [-0.39, 0.29) is 11.0 Å². The fourth-order valence-electron chi connectivity index (χ4n) is 1.68. The van der Waals surface area contributed by atoms with Gasteiger partial charge in [-0.05, 0) is 44.3 Å². The summed E-state index contributed by atoms with van der Waals surface area (Å²) in [5.74, 6) is 0. The van der Waals surface area contributed by atoms with E-state index in [9.17, 15) is 0 Å². The minimum absolute atomic E-state index is 0.181. The maximum Gasteiger partial charge on any atom is 0.0175 e. The SMILES string of the molecule is CC(CNC(C)(C)C)=C1C=CC(C(C)(C)C)=C1. The van der Waals surface area contributed by atoms with Gasteiger partial charge in [0.15, 0.2) is 0 Å². The molecule has 0 heterocycles. The third-order valence-corrected chi connectivity index (χ3v) is 3.00. The molecule has 1 rings (SSSR count). The van der Waals surface area contributed by atoms with Gasteiger partial charge in [0, 0.05) is 12.1 Å². The molecule has 0 amide bonds. The molecular weight excluding hydrogens is 206 g/mol. The lowest BCUT2D eigenvalue weighted by Gasteiger charge is -2.21. The molecule has 1 N–H and O–H groups in total. The van der Waals surface area contributed by atoms with Gasteiger partial charge in [-0.15, -0.1) is 0 Å². The van der Waals surface area contributed by atoms with Gasteiger partial charge < -0.3 is 5.32 Å². The summed E-state index contributed by atoms with van der Waals surface area (Å²) < 4.78 is 0. The van der Waals surface area contributed by atoms with Crippen LogP contribution in [-0.2, 0) is 0 Å². The van der Waals surface area contributed by atoms with Crippen molar-refractivity contribution in [3.8, 4) is 0 Å². The predicted octanol–water partition coefficient (Wildman–Crippen LogP) is 4.23. The Balaban J connectivity index is 2.75. The van der Waals surface area contributed by atoms with Crippen LogP contribution >= 0.6 is 0 Å². The molecule has 0 aromatic carbocycles. The van der Waals surface area contributed by atoms with Crippen molar-refractivity contribution in [1.29, 1.82) is 0 Å². The van der Waals surface area contributed by atoms with E-state index in [1.807, 2.05) is 0 Å². The molecule has 0 aromatic heterocycles. The van der Waals surface area contributed by atoms with E-state index in [2.05, 4.69) is 72.0 Å². The summed E-state index contributed by atoms with van der Waals surface area (Å²) in [6.45, 7) is 16.5. The van der Waals surface area contributed by atoms with Crippen LogP contribution in [0.25, 0.3) is 0 Å². The quantitative estimate of drug-likeness (QED) is 0.752. The number of nitrogens with one attached hydrogen (secondary N) is 1. The van der Waals surface area contributed by atoms with Crippen molar-refractivity contribution < 1.29 is 0 Å². The predicted molar refractivity (Wildman–Crippen MR) is 77.1 cm³/mol. The summed E-state index contributed by atoms with van der Waals surface area (Å²) in [5.41, 5.74) is 4.63. The number of hydrogen-bond donors (Lipinski definition) is 1. The molecule has 0 saturated heterocycles. The van der Waals surface area contributed by atoms with Crippen molar-refractivity contribution in [2.75, 3.05) is 6.54 Å². The van der Waals surface area contributed by atoms with Crippen molar-refractivity contribution in [2.24, 2.45) is 5.41 Å². The molecule has 0 spiro atoms. The highest BCUT2D eigenvalue weighted by molar-refractivity contribution is 5.50. The van der Waals surface area contributed by atoms with E-state index in [4.69, 9.17) is 0 Å². The van der Waals surface area contributed by atoms with Crippen molar-refractivity contribution >= 4 is 0 Å². The molecule has 0 aromatic rings. The topological polar surface area (TPSA) is 12.0 Å². The standard InChI is InChI=1S/C16H27N/c1-12(11-17-16(5,6)7)13-8-9-14(10-13)15(2,3)4/h8-10,17H,11H2,1-7H3. The lowest BCUT2D eigenvalue weighted by molar-refractivity contribution is 0.444. The summed E-state index contributed by atoms with van der Waals surface area (Å²) in [4.78, 5) is 0. The molecule has 1 aliphatic rings. The zero-order valence-corrected chi connectivity index (χ0v) is 12.4. The van der Waals surface area contributed by atoms with E-state index in [1.165, 1.54) is 16.7 Å². The first-order valence-corrected chi connectivity index (χ1v) is 6.45. The van der Waals surface area contributed by atoms with Crippen molar-refractivity contribution in [3.63, 3.8) is 0 Å². The average molecular weight is 233 g/mol. The third kappa shape index (κ3) is 4.51. The third-order valence-electron chi connectivity index (χ3n) is 3.00. The summed E-state index contributed by atoms with van der Waals surface area (Å²) in [7, 11) is 0. The van der Waals surface area contributed by atoms with Crippen LogP contribution in [0.3, 0.4) is 0 Å². The van der Waals surface area contributed by atoms with Gasteiger partial charge in [-0.2, -0.15) is 0 Å². The average Bonchev–Trinajstić information content (AvgIpc) is 2.60. The molecule has 17 heavy (non-hydrogen) atoms. The van der Waals surface area contributed by atoms with Gasteiger partial charge in [0.1, 0.15) is 0 Å². The highest BCUT2D eigenvalue weighted by Crippen LogP contribution is 2.32. The maximum atomic E-state index is 3.53. The monoisotopic (exact) mass is 233 g/mol. The van der Waals surface area contributed by atoms with Crippen molar-refractivity contribution in [2.45, 2.75) is 54.0 Å². The van der Waals surface area contributed by atoms with E-state index < -0.39 is 0 Å². The second kappa shape index (κ2) is 4.81. The van der Waals surface area contributed by atoms with Crippen LogP contribution < -0.4 is 5.32 Å². The van der Waals surface area contributed by atoms with Crippen LogP contribution in [-0.4, -0.2) is 12.1 Å². The van der Waals surface area contributed by atoms with Gasteiger partial charge in [-0.25, -0.2) is 0 Å². The molecule has 1 nitrogen and oxygen atoms in total. The first-order valence-electron chi connectivity index (χ1n) is 6.45. The molecule has 0 radical (unpaired) electrons. The summed E-state index contributed by atoms with van der Waals surface area (Å²) in [5, 5.41) is 3.53. The Bertz CT molecular complexity index is 367. The lowest BCUT2D eigenvalue weighted by atomic mass is 9.87. The smallest absolute Gasteiger partial charge is 0.0175 e. The minimum Gasteiger partial charge on any atom is -0.308 e. The first-order chi connectivity index (χ1) is 7.59. The lowest BCUT2D eigenvalue weighted by Crippen LogP contribution is -2.36. The van der Waals surface area contributed by atoms with Crippen LogP contribution in [0, 0.1) is 5.41 Å². The highest BCUT2D eigenvalue weighted by Gasteiger charge is 2.18. The molecular formula is C16H27N. The molecule has 0 bridgehead atoms. The number of allylic oxidation sites excluding steroid dienone is 5. The normalized spacial score (nSPS) is 19.6. The Labute approximate surface area is 107 Å². The van der Waals surface area contributed by atoms with Gasteiger partial charge in [-0.3, -0.25) is 0 Å². The molecule has 0 aliphatic heterocycles. The van der Waals surface area contributed by atoms with Gasteiger partial charge in [0.2, 0.25) is 0 Å². The van der Waals surface area contributed by atoms with Crippen LogP contribution in [0.4, 0.5) is 0 Å². The van der Waals surface area contributed by atoms with Crippen LogP contribution in [0.1, 0.15) is 48.5 Å². The van der Waals surface area contributed by atoms with Gasteiger partial charge >= 0.3 is 0 Å². The van der Waals surface area contributed by atoms with Gasteiger partial charge in [0.05, 0.1) is 0 Å². The first kappa shape index (κ1) is 14.2. The maximum absolute atomic E-state index is 3.53. The second-order valence-electron chi connectivity index (χ2n) is 7.02. The van der Waals surface area contributed by atoms with Crippen molar-refractivity contribution in [3.05, 3.63) is 34.9 Å². The Morgan fingerprint density at radius 3 is 2.06 bits per heavy atom. The highest BCUT2D eigenvalue weighted by atomic mass is 14.9. The zero-order chi connectivity index (χ0) is 13.3. The number of hydrogen-bond acceptors (Lipinski definition) is 1. The Hall–Kier alpha value is -0.820. The summed E-state index contributed by atoms with van der Waals surface area (Å²) >= 11 is 0. The zero-order valence-electron chi connectivity index (χ0n) is 12.4. The molecule has 1 aliphatic carbocycles.